The van der Waals surface area contributed by atoms with Gasteiger partial charge in [-0.1, -0.05) is 31.0 Å². The van der Waals surface area contributed by atoms with Gasteiger partial charge in [0.05, 0.1) is 18.7 Å². The summed E-state index contributed by atoms with van der Waals surface area (Å²) in [5, 5.41) is 13.5. The Morgan fingerprint density at radius 3 is 2.82 bits per heavy atom. The quantitative estimate of drug-likeness (QED) is 0.706. The zero-order valence-electron chi connectivity index (χ0n) is 16.5. The van der Waals surface area contributed by atoms with Crippen LogP contribution in [0, 0.1) is 0 Å². The van der Waals surface area contributed by atoms with Crippen molar-refractivity contribution in [2.45, 2.75) is 51.3 Å². The molecule has 152 valence electrons. The normalized spacial score (nSPS) is 21.9. The molecule has 2 atom stereocenters. The van der Waals surface area contributed by atoms with Gasteiger partial charge in [-0.2, -0.15) is 0 Å². The van der Waals surface area contributed by atoms with E-state index in [2.05, 4.69) is 38.3 Å². The largest absolute Gasteiger partial charge is 0.376 e. The van der Waals surface area contributed by atoms with Crippen molar-refractivity contribution in [3.8, 4) is 0 Å². The lowest BCUT2D eigenvalue weighted by Crippen LogP contribution is -2.48. The molecule has 2 fully saturated rings. The maximum absolute atomic E-state index is 6.17. The highest BCUT2D eigenvalue weighted by molar-refractivity contribution is 6.30. The van der Waals surface area contributed by atoms with E-state index in [0.29, 0.717) is 0 Å². The summed E-state index contributed by atoms with van der Waals surface area (Å²) >= 11 is 6.17. The van der Waals surface area contributed by atoms with Crippen LogP contribution in [0.3, 0.4) is 0 Å². The summed E-state index contributed by atoms with van der Waals surface area (Å²) in [6, 6.07) is 8.37. The predicted molar refractivity (Wildman–Crippen MR) is 110 cm³/mol. The van der Waals surface area contributed by atoms with Crippen LogP contribution in [0.5, 0.6) is 0 Å². The topological polar surface area (TPSA) is 59.3 Å². The summed E-state index contributed by atoms with van der Waals surface area (Å²) in [5.74, 6) is 0.980. The Morgan fingerprint density at radius 2 is 2.11 bits per heavy atom. The van der Waals surface area contributed by atoms with E-state index < -0.39 is 0 Å². The SMILES string of the molecule is CCC[C@H](c1nnnn1C[C@H]1CCCO1)N1CCN(c2cccc(Cl)c2)CC1. The zero-order valence-corrected chi connectivity index (χ0v) is 17.3. The van der Waals surface area contributed by atoms with Crippen LogP contribution in [-0.2, 0) is 11.3 Å². The van der Waals surface area contributed by atoms with E-state index in [1.54, 1.807) is 0 Å². The first-order valence-corrected chi connectivity index (χ1v) is 10.7. The minimum absolute atomic E-state index is 0.240. The Bertz CT molecular complexity index is 755. The number of halogens is 1. The Balaban J connectivity index is 1.44. The van der Waals surface area contributed by atoms with E-state index in [1.165, 1.54) is 5.69 Å². The average molecular weight is 405 g/mol. The lowest BCUT2D eigenvalue weighted by Gasteiger charge is -2.39. The molecule has 4 rings (SSSR count). The molecule has 7 nitrogen and oxygen atoms in total. The highest BCUT2D eigenvalue weighted by atomic mass is 35.5. The van der Waals surface area contributed by atoms with Crippen LogP contribution in [0.1, 0.15) is 44.5 Å². The molecule has 1 aromatic heterocycles. The number of aromatic nitrogens is 4. The lowest BCUT2D eigenvalue weighted by molar-refractivity contribution is 0.0891. The van der Waals surface area contributed by atoms with Gasteiger partial charge in [-0.3, -0.25) is 4.90 Å². The number of benzene rings is 1. The highest BCUT2D eigenvalue weighted by Crippen LogP contribution is 2.28. The van der Waals surface area contributed by atoms with Crippen LogP contribution in [0.25, 0.3) is 0 Å². The minimum Gasteiger partial charge on any atom is -0.376 e. The molecule has 28 heavy (non-hydrogen) atoms. The van der Waals surface area contributed by atoms with Gasteiger partial charge in [0, 0.05) is 43.5 Å². The summed E-state index contributed by atoms with van der Waals surface area (Å²) in [7, 11) is 0. The third kappa shape index (κ3) is 4.47. The number of rotatable bonds is 7. The van der Waals surface area contributed by atoms with Gasteiger partial charge in [-0.15, -0.1) is 5.10 Å². The van der Waals surface area contributed by atoms with Gasteiger partial charge < -0.3 is 9.64 Å². The molecule has 0 aliphatic carbocycles. The second kappa shape index (κ2) is 9.20. The Labute approximate surface area is 171 Å². The second-order valence-corrected chi connectivity index (χ2v) is 8.10. The summed E-state index contributed by atoms with van der Waals surface area (Å²) in [5.41, 5.74) is 1.20. The first-order chi connectivity index (χ1) is 13.7. The molecule has 2 aliphatic rings. The number of hydrogen-bond acceptors (Lipinski definition) is 6. The smallest absolute Gasteiger partial charge is 0.168 e. The van der Waals surface area contributed by atoms with Gasteiger partial charge >= 0.3 is 0 Å². The fourth-order valence-electron chi connectivity index (χ4n) is 4.27. The van der Waals surface area contributed by atoms with Crippen LogP contribution in [0.2, 0.25) is 5.02 Å². The van der Waals surface area contributed by atoms with Gasteiger partial charge in [-0.25, -0.2) is 4.68 Å². The third-order valence-electron chi connectivity index (χ3n) is 5.75. The van der Waals surface area contributed by atoms with Crippen molar-refractivity contribution in [2.75, 3.05) is 37.7 Å². The van der Waals surface area contributed by atoms with Crippen LogP contribution >= 0.6 is 11.6 Å². The molecule has 2 saturated heterocycles. The Kier molecular flexibility index (Phi) is 6.44. The predicted octanol–water partition coefficient (Wildman–Crippen LogP) is 3.17. The molecule has 0 radical (unpaired) electrons. The van der Waals surface area contributed by atoms with Crippen molar-refractivity contribution in [3.63, 3.8) is 0 Å². The fraction of sp³-hybridized carbons (Fsp3) is 0.650. The van der Waals surface area contributed by atoms with Crippen molar-refractivity contribution < 1.29 is 4.74 Å². The van der Waals surface area contributed by atoms with Crippen LogP contribution < -0.4 is 4.90 Å². The third-order valence-corrected chi connectivity index (χ3v) is 5.98. The zero-order chi connectivity index (χ0) is 19.3. The highest BCUT2D eigenvalue weighted by Gasteiger charge is 2.29. The van der Waals surface area contributed by atoms with E-state index in [0.717, 1.165) is 75.9 Å². The molecule has 0 bridgehead atoms. The molecule has 8 heteroatoms. The van der Waals surface area contributed by atoms with Gasteiger partial charge in [-0.05, 0) is 47.9 Å². The maximum atomic E-state index is 6.17. The number of anilines is 1. The fourth-order valence-corrected chi connectivity index (χ4v) is 4.46. The van der Waals surface area contributed by atoms with Crippen molar-refractivity contribution in [2.24, 2.45) is 0 Å². The number of ether oxygens (including phenoxy) is 1. The first-order valence-electron chi connectivity index (χ1n) is 10.4. The van der Waals surface area contributed by atoms with Crippen LogP contribution in [0.4, 0.5) is 5.69 Å². The maximum Gasteiger partial charge on any atom is 0.168 e. The van der Waals surface area contributed by atoms with Gasteiger partial charge in [0.15, 0.2) is 5.82 Å². The van der Waals surface area contributed by atoms with Gasteiger partial charge in [0.25, 0.3) is 0 Å². The molecule has 0 N–H and O–H groups in total. The molecule has 2 aromatic rings. The monoisotopic (exact) mass is 404 g/mol. The minimum atomic E-state index is 0.240. The summed E-state index contributed by atoms with van der Waals surface area (Å²) < 4.78 is 7.76. The number of hydrogen-bond donors (Lipinski definition) is 0. The first kappa shape index (κ1) is 19.6. The van der Waals surface area contributed by atoms with E-state index in [9.17, 15) is 0 Å². The van der Waals surface area contributed by atoms with E-state index in [-0.39, 0.29) is 12.1 Å². The molecule has 2 aliphatic heterocycles. The molecular formula is C20H29ClN6O. The standard InChI is InChI=1S/C20H29ClN6O/c1-2-5-19(20-22-23-24-27(20)15-18-8-4-13-28-18)26-11-9-25(10-12-26)17-7-3-6-16(21)14-17/h3,6-7,14,18-19H,2,4-5,8-13,15H2,1H3/t18-,19-/m1/s1. The summed E-state index contributed by atoms with van der Waals surface area (Å²) in [6.07, 6.45) is 4.63. The lowest BCUT2D eigenvalue weighted by atomic mass is 10.1. The van der Waals surface area contributed by atoms with Crippen LogP contribution in [0.15, 0.2) is 24.3 Å². The molecule has 0 saturated carbocycles. The van der Waals surface area contributed by atoms with E-state index in [4.69, 9.17) is 16.3 Å². The number of nitrogens with zero attached hydrogens (tertiary/aromatic N) is 6. The molecular weight excluding hydrogens is 376 g/mol. The van der Waals surface area contributed by atoms with Crippen molar-refractivity contribution in [1.29, 1.82) is 0 Å². The van der Waals surface area contributed by atoms with Crippen LogP contribution in [-0.4, -0.2) is 64.0 Å². The molecule has 0 unspecified atom stereocenters. The van der Waals surface area contributed by atoms with Crippen molar-refractivity contribution in [3.05, 3.63) is 35.1 Å². The van der Waals surface area contributed by atoms with E-state index >= 15 is 0 Å². The summed E-state index contributed by atoms with van der Waals surface area (Å²) in [4.78, 5) is 4.93. The van der Waals surface area contributed by atoms with Gasteiger partial charge in [0.1, 0.15) is 0 Å². The molecule has 0 spiro atoms. The molecule has 3 heterocycles. The number of tetrazole rings is 1. The second-order valence-electron chi connectivity index (χ2n) is 7.66. The Morgan fingerprint density at radius 1 is 1.25 bits per heavy atom. The molecule has 1 aromatic carbocycles. The summed E-state index contributed by atoms with van der Waals surface area (Å²) in [6.45, 7) is 7.77. The van der Waals surface area contributed by atoms with Crippen molar-refractivity contribution >= 4 is 17.3 Å². The average Bonchev–Trinajstić information content (AvgIpc) is 3.39. The van der Waals surface area contributed by atoms with E-state index in [1.807, 2.05) is 22.9 Å². The Hall–Kier alpha value is -1.70. The van der Waals surface area contributed by atoms with Gasteiger partial charge in [0.2, 0.25) is 0 Å². The van der Waals surface area contributed by atoms with Crippen molar-refractivity contribution in [1.82, 2.24) is 25.1 Å². The number of piperazine rings is 1. The molecule has 0 amide bonds.